The van der Waals surface area contributed by atoms with Crippen molar-refractivity contribution in [3.63, 3.8) is 0 Å². The Balaban J connectivity index is 2.07. The number of hydrogen-bond donors (Lipinski definition) is 2. The van der Waals surface area contributed by atoms with Crippen LogP contribution in [0.2, 0.25) is 5.02 Å². The number of sulfonamides is 1. The van der Waals surface area contributed by atoms with Gasteiger partial charge >= 0.3 is 0 Å². The van der Waals surface area contributed by atoms with E-state index in [4.69, 9.17) is 11.6 Å². The summed E-state index contributed by atoms with van der Waals surface area (Å²) < 4.78 is 27.1. The molecule has 2 aromatic carbocycles. The summed E-state index contributed by atoms with van der Waals surface area (Å²) in [5.74, 6) is -0.450. The van der Waals surface area contributed by atoms with Crippen LogP contribution in [-0.2, 0) is 14.8 Å². The van der Waals surface area contributed by atoms with E-state index >= 15 is 0 Å². The predicted octanol–water partition coefficient (Wildman–Crippen LogP) is 3.78. The van der Waals surface area contributed by atoms with Crippen LogP contribution < -0.4 is 4.72 Å². The second-order valence-corrected chi connectivity index (χ2v) is 7.76. The van der Waals surface area contributed by atoms with Gasteiger partial charge in [-0.05, 0) is 48.9 Å². The van der Waals surface area contributed by atoms with Crippen LogP contribution in [0, 0.1) is 0 Å². The molecule has 0 spiro atoms. The molecule has 0 saturated carbocycles. The Labute approximate surface area is 157 Å². The Morgan fingerprint density at radius 1 is 1.15 bits per heavy atom. The van der Waals surface area contributed by atoms with Gasteiger partial charge in [-0.15, -0.1) is 0 Å². The van der Waals surface area contributed by atoms with Gasteiger partial charge in [-0.25, -0.2) is 13.5 Å². The molecule has 1 amide bonds. The maximum Gasteiger partial charge on any atom is 0.261 e. The molecule has 0 saturated heterocycles. The molecule has 8 heteroatoms. The number of halogens is 1. The van der Waals surface area contributed by atoms with Crippen molar-refractivity contribution < 1.29 is 18.4 Å². The number of benzene rings is 2. The summed E-state index contributed by atoms with van der Waals surface area (Å²) in [6.45, 7) is 2.94. The first-order valence-electron chi connectivity index (χ1n) is 7.74. The average molecular weight is 395 g/mol. The molecule has 0 radical (unpaired) electrons. The molecular weight excluding hydrogens is 376 g/mol. The highest BCUT2D eigenvalue weighted by Gasteiger charge is 2.14. The van der Waals surface area contributed by atoms with Crippen molar-refractivity contribution in [1.29, 1.82) is 0 Å². The standard InChI is InChI=1S/C18H19ClN2O4S/c1-13(21(23)14(2)22)3-4-15-5-9-17(10-6-15)20-26(24,25)18-11-7-16(19)8-12-18/h3-13,20,23H,1-2H3/b4-3+. The minimum absolute atomic E-state index is 0.118. The first-order valence-corrected chi connectivity index (χ1v) is 9.60. The maximum atomic E-state index is 12.3. The van der Waals surface area contributed by atoms with E-state index in [1.165, 1.54) is 31.2 Å². The van der Waals surface area contributed by atoms with E-state index in [1.54, 1.807) is 43.3 Å². The second kappa shape index (κ2) is 8.35. The first-order chi connectivity index (χ1) is 12.2. The van der Waals surface area contributed by atoms with Gasteiger partial charge in [-0.1, -0.05) is 35.9 Å². The number of amides is 1. The molecule has 2 aromatic rings. The van der Waals surface area contributed by atoms with Crippen LogP contribution in [0.5, 0.6) is 0 Å². The molecule has 6 nitrogen and oxygen atoms in total. The number of nitrogens with zero attached hydrogens (tertiary/aromatic N) is 1. The van der Waals surface area contributed by atoms with Gasteiger partial charge in [-0.3, -0.25) is 14.7 Å². The molecule has 2 N–H and O–H groups in total. The third kappa shape index (κ3) is 5.32. The maximum absolute atomic E-state index is 12.3. The van der Waals surface area contributed by atoms with Crippen molar-refractivity contribution in [3.8, 4) is 0 Å². The highest BCUT2D eigenvalue weighted by molar-refractivity contribution is 7.92. The van der Waals surface area contributed by atoms with Crippen molar-refractivity contribution in [3.05, 3.63) is 65.2 Å². The van der Waals surface area contributed by atoms with E-state index in [0.29, 0.717) is 15.8 Å². The fourth-order valence-electron chi connectivity index (χ4n) is 2.11. The lowest BCUT2D eigenvalue weighted by Gasteiger charge is -2.17. The summed E-state index contributed by atoms with van der Waals surface area (Å²) in [6.07, 6.45) is 3.39. The Morgan fingerprint density at radius 2 is 1.73 bits per heavy atom. The summed E-state index contributed by atoms with van der Waals surface area (Å²) >= 11 is 5.77. The fourth-order valence-corrected chi connectivity index (χ4v) is 3.29. The number of nitrogens with one attached hydrogen (secondary N) is 1. The number of carbonyl (C=O) groups excluding carboxylic acids is 1. The zero-order chi connectivity index (χ0) is 19.3. The Morgan fingerprint density at radius 3 is 2.27 bits per heavy atom. The van der Waals surface area contributed by atoms with Crippen LogP contribution in [-0.4, -0.2) is 30.6 Å². The Bertz CT molecular complexity index is 894. The van der Waals surface area contributed by atoms with E-state index in [1.807, 2.05) is 0 Å². The third-order valence-electron chi connectivity index (χ3n) is 3.56. The normalized spacial score (nSPS) is 12.8. The van der Waals surface area contributed by atoms with Crippen LogP contribution in [0.15, 0.2) is 59.5 Å². The van der Waals surface area contributed by atoms with Gasteiger partial charge in [0, 0.05) is 17.6 Å². The second-order valence-electron chi connectivity index (χ2n) is 5.64. The zero-order valence-electron chi connectivity index (χ0n) is 14.3. The van der Waals surface area contributed by atoms with Gasteiger partial charge in [-0.2, -0.15) is 0 Å². The summed E-state index contributed by atoms with van der Waals surface area (Å²) in [4.78, 5) is 11.2. The van der Waals surface area contributed by atoms with Crippen molar-refractivity contribution in [2.45, 2.75) is 24.8 Å². The average Bonchev–Trinajstić information content (AvgIpc) is 2.60. The Hall–Kier alpha value is -2.35. The van der Waals surface area contributed by atoms with Crippen LogP contribution in [0.1, 0.15) is 19.4 Å². The number of carbonyl (C=O) groups is 1. The molecule has 0 bridgehead atoms. The predicted molar refractivity (Wildman–Crippen MR) is 102 cm³/mol. The molecule has 2 rings (SSSR count). The minimum atomic E-state index is -3.69. The topological polar surface area (TPSA) is 86.7 Å². The number of hydroxylamine groups is 2. The molecule has 0 aliphatic rings. The molecular formula is C18H19ClN2O4S. The molecule has 26 heavy (non-hydrogen) atoms. The summed E-state index contributed by atoms with van der Waals surface area (Å²) in [5, 5.41) is 10.6. The third-order valence-corrected chi connectivity index (χ3v) is 5.21. The van der Waals surface area contributed by atoms with Crippen molar-refractivity contribution in [2.24, 2.45) is 0 Å². The first kappa shape index (κ1) is 20.0. The minimum Gasteiger partial charge on any atom is -0.285 e. The SMILES string of the molecule is CC(=O)N(O)C(C)/C=C/c1ccc(NS(=O)(=O)c2ccc(Cl)cc2)cc1. The van der Waals surface area contributed by atoms with Gasteiger partial charge in [0.2, 0.25) is 5.91 Å². The summed E-state index contributed by atoms with van der Waals surface area (Å²) in [6, 6.07) is 12.1. The van der Waals surface area contributed by atoms with Crippen LogP contribution in [0.3, 0.4) is 0 Å². The lowest BCUT2D eigenvalue weighted by atomic mass is 10.1. The summed E-state index contributed by atoms with van der Waals surface area (Å²) in [5.41, 5.74) is 1.21. The van der Waals surface area contributed by atoms with Crippen molar-refractivity contribution in [2.75, 3.05) is 4.72 Å². The van der Waals surface area contributed by atoms with Gasteiger partial charge < -0.3 is 0 Å². The fraction of sp³-hybridized carbons (Fsp3) is 0.167. The van der Waals surface area contributed by atoms with Crippen LogP contribution >= 0.6 is 11.6 Å². The largest absolute Gasteiger partial charge is 0.285 e. The monoisotopic (exact) mass is 394 g/mol. The molecule has 0 aliphatic carbocycles. The highest BCUT2D eigenvalue weighted by atomic mass is 35.5. The number of anilines is 1. The smallest absolute Gasteiger partial charge is 0.261 e. The van der Waals surface area contributed by atoms with E-state index in [-0.39, 0.29) is 4.90 Å². The Kier molecular flexibility index (Phi) is 6.42. The lowest BCUT2D eigenvalue weighted by molar-refractivity contribution is -0.167. The molecule has 138 valence electrons. The molecule has 0 aromatic heterocycles. The quantitative estimate of drug-likeness (QED) is 0.576. The molecule has 0 fully saturated rings. The van der Waals surface area contributed by atoms with E-state index in [2.05, 4.69) is 4.72 Å². The molecule has 1 unspecified atom stereocenters. The molecule has 1 atom stereocenters. The van der Waals surface area contributed by atoms with Crippen molar-refractivity contribution in [1.82, 2.24) is 5.06 Å². The van der Waals surface area contributed by atoms with Gasteiger partial charge in [0.25, 0.3) is 10.0 Å². The van der Waals surface area contributed by atoms with Gasteiger partial charge in [0.15, 0.2) is 0 Å². The van der Waals surface area contributed by atoms with Crippen molar-refractivity contribution >= 4 is 39.3 Å². The highest BCUT2D eigenvalue weighted by Crippen LogP contribution is 2.19. The lowest BCUT2D eigenvalue weighted by Crippen LogP contribution is -2.32. The molecule has 0 heterocycles. The number of rotatable bonds is 6. The van der Waals surface area contributed by atoms with Crippen LogP contribution in [0.4, 0.5) is 5.69 Å². The van der Waals surface area contributed by atoms with Crippen LogP contribution in [0.25, 0.3) is 6.08 Å². The van der Waals surface area contributed by atoms with E-state index in [9.17, 15) is 18.4 Å². The van der Waals surface area contributed by atoms with Gasteiger partial charge in [0.05, 0.1) is 10.9 Å². The van der Waals surface area contributed by atoms with E-state index < -0.39 is 22.0 Å². The number of hydrogen-bond acceptors (Lipinski definition) is 4. The van der Waals surface area contributed by atoms with E-state index in [0.717, 1.165) is 5.56 Å². The summed E-state index contributed by atoms with van der Waals surface area (Å²) in [7, 11) is -3.69. The molecule has 0 aliphatic heterocycles. The van der Waals surface area contributed by atoms with Gasteiger partial charge in [0.1, 0.15) is 0 Å². The zero-order valence-corrected chi connectivity index (χ0v) is 15.8.